The number of rotatable bonds is 2. The smallest absolute Gasteiger partial charge is 0.163 e. The largest absolute Gasteiger partial charge is 0.318 e. The minimum absolute atomic E-state index is 0.107. The number of aryl methyl sites for hydroxylation is 1. The summed E-state index contributed by atoms with van der Waals surface area (Å²) in [6.07, 6.45) is 6.04. The van der Waals surface area contributed by atoms with Gasteiger partial charge in [0.15, 0.2) is 11.6 Å². The van der Waals surface area contributed by atoms with Gasteiger partial charge in [-0.15, -0.1) is 0 Å². The molecule has 0 atom stereocenters. The molecule has 5 nitrogen and oxygen atoms in total. The predicted octanol–water partition coefficient (Wildman–Crippen LogP) is 2.06. The molecule has 1 aromatic heterocycles. The second-order valence-corrected chi connectivity index (χ2v) is 6.30. The molecule has 23 heavy (non-hydrogen) atoms. The number of nitrogens with one attached hydrogen (secondary N) is 2. The summed E-state index contributed by atoms with van der Waals surface area (Å²) in [6, 6.07) is 3.99. The fourth-order valence-electron chi connectivity index (χ4n) is 3.63. The molecule has 0 amide bonds. The Morgan fingerprint density at radius 3 is 2.78 bits per heavy atom. The normalized spacial score (nSPS) is 19.7. The van der Waals surface area contributed by atoms with Crippen LogP contribution in [0, 0.1) is 5.82 Å². The number of fused-ring (bicyclic) bond motifs is 1. The van der Waals surface area contributed by atoms with E-state index in [0.29, 0.717) is 18.1 Å². The average molecular weight is 315 g/mol. The van der Waals surface area contributed by atoms with E-state index in [9.17, 15) is 0 Å². The minimum atomic E-state index is -0.107. The average Bonchev–Trinajstić information content (AvgIpc) is 2.94. The van der Waals surface area contributed by atoms with Crippen molar-refractivity contribution in [3.63, 3.8) is 0 Å². The third-order valence-corrected chi connectivity index (χ3v) is 4.84. The standard InChI is InChI=1S/C17H22FN5/c1-22-16-14(17(21-22)23-10-2-7-20-11-23)4-3-13(15(16)18)12-5-8-19-9-6-12/h2-4,10,12,19-20H,5-9,11H2,1H3. The van der Waals surface area contributed by atoms with Gasteiger partial charge < -0.3 is 10.2 Å². The molecule has 1 fully saturated rings. The summed E-state index contributed by atoms with van der Waals surface area (Å²) in [5.74, 6) is 1.00. The summed E-state index contributed by atoms with van der Waals surface area (Å²) in [7, 11) is 1.82. The maximum Gasteiger partial charge on any atom is 0.163 e. The Morgan fingerprint density at radius 1 is 1.22 bits per heavy atom. The Labute approximate surface area is 135 Å². The summed E-state index contributed by atoms with van der Waals surface area (Å²) in [5.41, 5.74) is 1.44. The zero-order chi connectivity index (χ0) is 15.8. The van der Waals surface area contributed by atoms with Gasteiger partial charge in [-0.05, 0) is 43.5 Å². The molecule has 0 spiro atoms. The van der Waals surface area contributed by atoms with Crippen LogP contribution in [0.15, 0.2) is 24.4 Å². The molecule has 2 aliphatic heterocycles. The van der Waals surface area contributed by atoms with Crippen LogP contribution >= 0.6 is 0 Å². The highest BCUT2D eigenvalue weighted by Gasteiger charge is 2.24. The Balaban J connectivity index is 1.79. The molecule has 0 unspecified atom stereocenters. The minimum Gasteiger partial charge on any atom is -0.318 e. The number of aromatic nitrogens is 2. The van der Waals surface area contributed by atoms with E-state index < -0.39 is 0 Å². The van der Waals surface area contributed by atoms with Crippen molar-refractivity contribution in [1.29, 1.82) is 0 Å². The number of hydrogen-bond acceptors (Lipinski definition) is 4. The summed E-state index contributed by atoms with van der Waals surface area (Å²) in [6.45, 7) is 3.47. The second-order valence-electron chi connectivity index (χ2n) is 6.30. The Kier molecular flexibility index (Phi) is 3.79. The van der Waals surface area contributed by atoms with Gasteiger partial charge in [0.25, 0.3) is 0 Å². The number of halogens is 1. The van der Waals surface area contributed by atoms with E-state index in [2.05, 4.69) is 15.7 Å². The SMILES string of the molecule is Cn1nc(N2C=CCNC2)c2ccc(C3CCNCC3)c(F)c21. The lowest BCUT2D eigenvalue weighted by Crippen LogP contribution is -2.34. The van der Waals surface area contributed by atoms with Crippen molar-refractivity contribution in [3.8, 4) is 0 Å². The van der Waals surface area contributed by atoms with E-state index in [4.69, 9.17) is 0 Å². The van der Waals surface area contributed by atoms with E-state index in [1.54, 1.807) is 4.68 Å². The molecule has 2 N–H and O–H groups in total. The lowest BCUT2D eigenvalue weighted by atomic mass is 9.89. The molecule has 6 heteroatoms. The lowest BCUT2D eigenvalue weighted by Gasteiger charge is -2.24. The van der Waals surface area contributed by atoms with Crippen LogP contribution in [0.2, 0.25) is 0 Å². The quantitative estimate of drug-likeness (QED) is 0.890. The second kappa shape index (κ2) is 5.94. The van der Waals surface area contributed by atoms with E-state index in [0.717, 1.165) is 49.2 Å². The molecule has 122 valence electrons. The molecular weight excluding hydrogens is 293 g/mol. The molecule has 3 heterocycles. The first-order valence-electron chi connectivity index (χ1n) is 8.25. The van der Waals surface area contributed by atoms with Crippen LogP contribution in [0.3, 0.4) is 0 Å². The number of hydrogen-bond donors (Lipinski definition) is 2. The Hall–Kier alpha value is -1.92. The molecule has 0 bridgehead atoms. The molecule has 0 aliphatic carbocycles. The van der Waals surface area contributed by atoms with Crippen LogP contribution in [-0.2, 0) is 7.05 Å². The van der Waals surface area contributed by atoms with Gasteiger partial charge in [0.05, 0.1) is 6.67 Å². The maximum absolute atomic E-state index is 15.2. The highest BCUT2D eigenvalue weighted by Crippen LogP contribution is 2.34. The van der Waals surface area contributed by atoms with Gasteiger partial charge in [-0.2, -0.15) is 5.10 Å². The van der Waals surface area contributed by atoms with Crippen molar-refractivity contribution in [2.45, 2.75) is 18.8 Å². The van der Waals surface area contributed by atoms with Crippen LogP contribution in [0.1, 0.15) is 24.3 Å². The van der Waals surface area contributed by atoms with Crippen molar-refractivity contribution >= 4 is 16.7 Å². The number of benzene rings is 1. The number of piperidine rings is 1. The fraction of sp³-hybridized carbons (Fsp3) is 0.471. The van der Waals surface area contributed by atoms with Crippen molar-refractivity contribution in [3.05, 3.63) is 35.8 Å². The van der Waals surface area contributed by atoms with Gasteiger partial charge in [0, 0.05) is 25.2 Å². The molecule has 0 saturated carbocycles. The van der Waals surface area contributed by atoms with E-state index in [1.165, 1.54) is 0 Å². The van der Waals surface area contributed by atoms with Gasteiger partial charge >= 0.3 is 0 Å². The Bertz CT molecular complexity index is 745. The third-order valence-electron chi connectivity index (χ3n) is 4.84. The van der Waals surface area contributed by atoms with Gasteiger partial charge in [-0.25, -0.2) is 4.39 Å². The van der Waals surface area contributed by atoms with Crippen LogP contribution in [-0.4, -0.2) is 36.1 Å². The maximum atomic E-state index is 15.2. The molecule has 1 aromatic carbocycles. The number of anilines is 1. The lowest BCUT2D eigenvalue weighted by molar-refractivity contribution is 0.446. The molecule has 4 rings (SSSR count). The van der Waals surface area contributed by atoms with Crippen LogP contribution < -0.4 is 15.5 Å². The highest BCUT2D eigenvalue weighted by atomic mass is 19.1. The van der Waals surface area contributed by atoms with Crippen molar-refractivity contribution in [1.82, 2.24) is 20.4 Å². The van der Waals surface area contributed by atoms with Crippen LogP contribution in [0.4, 0.5) is 10.2 Å². The first kappa shape index (κ1) is 14.7. The van der Waals surface area contributed by atoms with E-state index >= 15 is 4.39 Å². The first-order valence-corrected chi connectivity index (χ1v) is 8.25. The van der Waals surface area contributed by atoms with Crippen LogP contribution in [0.5, 0.6) is 0 Å². The van der Waals surface area contributed by atoms with E-state index in [1.807, 2.05) is 36.4 Å². The van der Waals surface area contributed by atoms with Gasteiger partial charge in [-0.3, -0.25) is 10.00 Å². The van der Waals surface area contributed by atoms with Crippen molar-refractivity contribution in [2.24, 2.45) is 7.05 Å². The van der Waals surface area contributed by atoms with Gasteiger partial charge in [0.2, 0.25) is 0 Å². The zero-order valence-electron chi connectivity index (χ0n) is 13.3. The Morgan fingerprint density at radius 2 is 2.04 bits per heavy atom. The summed E-state index contributed by atoms with van der Waals surface area (Å²) in [4.78, 5) is 2.02. The monoisotopic (exact) mass is 315 g/mol. The molecular formula is C17H22FN5. The number of nitrogens with zero attached hydrogens (tertiary/aromatic N) is 3. The summed E-state index contributed by atoms with van der Waals surface area (Å²) >= 11 is 0. The van der Waals surface area contributed by atoms with Gasteiger partial charge in [0.1, 0.15) is 5.52 Å². The topological polar surface area (TPSA) is 45.1 Å². The fourth-order valence-corrected chi connectivity index (χ4v) is 3.63. The van der Waals surface area contributed by atoms with Gasteiger partial charge in [-0.1, -0.05) is 12.1 Å². The highest BCUT2D eigenvalue weighted by molar-refractivity contribution is 5.92. The summed E-state index contributed by atoms with van der Waals surface area (Å²) < 4.78 is 16.8. The molecule has 2 aromatic rings. The van der Waals surface area contributed by atoms with Crippen molar-refractivity contribution in [2.75, 3.05) is 31.2 Å². The van der Waals surface area contributed by atoms with Crippen LogP contribution in [0.25, 0.3) is 10.9 Å². The first-order chi connectivity index (χ1) is 11.3. The van der Waals surface area contributed by atoms with E-state index in [-0.39, 0.29) is 5.82 Å². The zero-order valence-corrected chi connectivity index (χ0v) is 13.3. The summed E-state index contributed by atoms with van der Waals surface area (Å²) in [5, 5.41) is 12.0. The molecule has 1 saturated heterocycles. The predicted molar refractivity (Wildman–Crippen MR) is 90.0 cm³/mol. The third kappa shape index (κ3) is 2.52. The van der Waals surface area contributed by atoms with Crippen molar-refractivity contribution < 1.29 is 4.39 Å². The molecule has 2 aliphatic rings. The molecule has 0 radical (unpaired) electrons.